The number of hydrogen-bond donors (Lipinski definition) is 0. The number of pyridine rings is 1. The van der Waals surface area contributed by atoms with Crippen molar-refractivity contribution in [2.75, 3.05) is 0 Å². The van der Waals surface area contributed by atoms with Crippen LogP contribution < -0.4 is 0 Å². The summed E-state index contributed by atoms with van der Waals surface area (Å²) in [7, 11) is 0. The van der Waals surface area contributed by atoms with E-state index < -0.39 is 0 Å². The topological polar surface area (TPSA) is 12.9 Å². The van der Waals surface area contributed by atoms with Gasteiger partial charge in [-0.05, 0) is 83.0 Å². The Bertz CT molecular complexity index is 1490. The number of aromatic nitrogens is 1. The number of benzene rings is 4. The second-order valence-electron chi connectivity index (χ2n) is 8.41. The molecule has 0 atom stereocenters. The van der Waals surface area contributed by atoms with Crippen molar-refractivity contribution in [3.8, 4) is 11.3 Å². The van der Waals surface area contributed by atoms with Crippen LogP contribution in [0.5, 0.6) is 0 Å². The molecule has 1 nitrogen and oxygen atoms in total. The first kappa shape index (κ1) is 19.5. The third kappa shape index (κ3) is 3.21. The third-order valence-electron chi connectivity index (χ3n) is 6.47. The molecule has 1 heteroatoms. The molecule has 0 aliphatic heterocycles. The molecule has 0 saturated carbocycles. The molecule has 0 aliphatic rings. The Morgan fingerprint density at radius 3 is 2.32 bits per heavy atom. The van der Waals surface area contributed by atoms with E-state index in [0.717, 1.165) is 17.7 Å². The van der Waals surface area contributed by atoms with Crippen LogP contribution in [0.25, 0.3) is 49.1 Å². The fourth-order valence-electron chi connectivity index (χ4n) is 4.88. The molecule has 0 fully saturated rings. The molecule has 1 aromatic heterocycles. The van der Waals surface area contributed by atoms with E-state index in [1.807, 2.05) is 6.20 Å². The average Bonchev–Trinajstić information content (AvgIpc) is 2.80. The molecule has 152 valence electrons. The molecule has 31 heavy (non-hydrogen) atoms. The highest BCUT2D eigenvalue weighted by molar-refractivity contribution is 6.11. The molecule has 1 heterocycles. The Morgan fingerprint density at radius 1 is 0.774 bits per heavy atom. The maximum absolute atomic E-state index is 4.80. The van der Waals surface area contributed by atoms with E-state index in [4.69, 9.17) is 4.98 Å². The van der Waals surface area contributed by atoms with Crippen molar-refractivity contribution < 1.29 is 0 Å². The number of aryl methyl sites for hydroxylation is 2. The summed E-state index contributed by atoms with van der Waals surface area (Å²) >= 11 is 0. The van der Waals surface area contributed by atoms with Crippen LogP contribution in [0.1, 0.15) is 37.0 Å². The van der Waals surface area contributed by atoms with Crippen molar-refractivity contribution >= 4 is 37.9 Å². The van der Waals surface area contributed by atoms with Gasteiger partial charge in [-0.25, -0.2) is 0 Å². The quantitative estimate of drug-likeness (QED) is 0.276. The summed E-state index contributed by atoms with van der Waals surface area (Å²) in [6.45, 7) is 8.72. The van der Waals surface area contributed by atoms with Gasteiger partial charge in [0.05, 0.1) is 5.69 Å². The summed E-state index contributed by atoms with van der Waals surface area (Å²) < 4.78 is 0. The number of rotatable bonds is 3. The van der Waals surface area contributed by atoms with E-state index in [9.17, 15) is 0 Å². The number of nitrogens with zero attached hydrogens (tertiary/aromatic N) is 1. The van der Waals surface area contributed by atoms with Gasteiger partial charge in [-0.2, -0.15) is 0 Å². The molecule has 0 amide bonds. The Balaban J connectivity index is 1.74. The Kier molecular flexibility index (Phi) is 4.82. The van der Waals surface area contributed by atoms with E-state index in [1.54, 1.807) is 0 Å². The average molecular weight is 402 g/mol. The monoisotopic (exact) mass is 401 g/mol. The zero-order valence-corrected chi connectivity index (χ0v) is 18.7. The first-order valence-corrected chi connectivity index (χ1v) is 11.1. The largest absolute Gasteiger partial charge is 0.256 e. The van der Waals surface area contributed by atoms with Crippen molar-refractivity contribution in [2.24, 2.45) is 0 Å². The summed E-state index contributed by atoms with van der Waals surface area (Å²) in [5.74, 6) is 0. The summed E-state index contributed by atoms with van der Waals surface area (Å²) in [6, 6.07) is 24.5. The van der Waals surface area contributed by atoms with Gasteiger partial charge in [0.15, 0.2) is 0 Å². The lowest BCUT2D eigenvalue weighted by Gasteiger charge is -2.14. The summed E-state index contributed by atoms with van der Waals surface area (Å²) in [5, 5.41) is 7.61. The van der Waals surface area contributed by atoms with E-state index in [1.165, 1.54) is 54.6 Å². The van der Waals surface area contributed by atoms with Crippen LogP contribution in [0.15, 0.2) is 79.0 Å². The molecule has 5 rings (SSSR count). The van der Waals surface area contributed by atoms with Crippen molar-refractivity contribution in [3.63, 3.8) is 0 Å². The Labute approximate surface area is 184 Å². The zero-order chi connectivity index (χ0) is 21.5. The predicted octanol–water partition coefficient (Wildman–Crippen LogP) is 8.64. The van der Waals surface area contributed by atoms with Crippen LogP contribution in [0.2, 0.25) is 0 Å². The molecule has 0 radical (unpaired) electrons. The van der Waals surface area contributed by atoms with E-state index in [0.29, 0.717) is 0 Å². The van der Waals surface area contributed by atoms with Crippen LogP contribution in [-0.2, 0) is 0 Å². The zero-order valence-electron chi connectivity index (χ0n) is 18.7. The van der Waals surface area contributed by atoms with Gasteiger partial charge in [-0.3, -0.25) is 4.98 Å². The normalized spacial score (nSPS) is 12.2. The summed E-state index contributed by atoms with van der Waals surface area (Å²) in [5.41, 5.74) is 7.61. The van der Waals surface area contributed by atoms with E-state index in [-0.39, 0.29) is 0 Å². The van der Waals surface area contributed by atoms with Crippen molar-refractivity contribution in [2.45, 2.75) is 34.1 Å². The lowest BCUT2D eigenvalue weighted by Crippen LogP contribution is -1.92. The molecule has 0 aliphatic carbocycles. The van der Waals surface area contributed by atoms with E-state index >= 15 is 0 Å². The summed E-state index contributed by atoms with van der Waals surface area (Å²) in [4.78, 5) is 4.80. The van der Waals surface area contributed by atoms with Gasteiger partial charge < -0.3 is 0 Å². The maximum atomic E-state index is 4.80. The van der Waals surface area contributed by atoms with Gasteiger partial charge in [-0.15, -0.1) is 0 Å². The molecule has 0 saturated heterocycles. The Hall–Kier alpha value is -3.45. The minimum Gasteiger partial charge on any atom is -0.256 e. The summed E-state index contributed by atoms with van der Waals surface area (Å²) in [6.07, 6.45) is 5.22. The number of hydrogen-bond acceptors (Lipinski definition) is 1. The van der Waals surface area contributed by atoms with Crippen LogP contribution in [-0.4, -0.2) is 4.98 Å². The van der Waals surface area contributed by atoms with Gasteiger partial charge in [-0.1, -0.05) is 73.2 Å². The second kappa shape index (κ2) is 7.67. The first-order chi connectivity index (χ1) is 15.1. The molecule has 0 spiro atoms. The molecule has 4 aromatic carbocycles. The molecule has 0 bridgehead atoms. The van der Waals surface area contributed by atoms with Crippen LogP contribution in [0.4, 0.5) is 0 Å². The smallest absolute Gasteiger partial charge is 0.0780 e. The van der Waals surface area contributed by atoms with Crippen LogP contribution in [0.3, 0.4) is 0 Å². The highest BCUT2D eigenvalue weighted by Crippen LogP contribution is 2.36. The molecule has 5 aromatic rings. The molecule has 0 unspecified atom stereocenters. The van der Waals surface area contributed by atoms with Crippen LogP contribution >= 0.6 is 0 Å². The fourth-order valence-corrected chi connectivity index (χ4v) is 4.88. The number of allylic oxidation sites excluding steroid dienone is 2. The van der Waals surface area contributed by atoms with Gasteiger partial charge in [0.1, 0.15) is 0 Å². The lowest BCUT2D eigenvalue weighted by atomic mass is 9.90. The second-order valence-corrected chi connectivity index (χ2v) is 8.41. The lowest BCUT2D eigenvalue weighted by molar-refractivity contribution is 1.23. The van der Waals surface area contributed by atoms with Gasteiger partial charge in [0, 0.05) is 17.1 Å². The van der Waals surface area contributed by atoms with Crippen molar-refractivity contribution in [1.29, 1.82) is 0 Å². The van der Waals surface area contributed by atoms with Crippen LogP contribution in [0, 0.1) is 13.8 Å². The maximum Gasteiger partial charge on any atom is 0.0780 e. The standard InChI is InChI=1S/C30H27N/c1-5-21(6-2)29-20(4)8-9-23-18-24(11-13-26(23)29)30-28-14-10-22-17-19(3)7-12-25(22)27(28)15-16-31-30/h5,7-18H,6H2,1-4H3/b21-5+. The van der Waals surface area contributed by atoms with E-state index in [2.05, 4.69) is 101 Å². The first-order valence-electron chi connectivity index (χ1n) is 11.1. The minimum atomic E-state index is 1.04. The van der Waals surface area contributed by atoms with Gasteiger partial charge >= 0.3 is 0 Å². The van der Waals surface area contributed by atoms with Crippen molar-refractivity contribution in [3.05, 3.63) is 95.7 Å². The van der Waals surface area contributed by atoms with Crippen molar-refractivity contribution in [1.82, 2.24) is 4.98 Å². The predicted molar refractivity (Wildman–Crippen MR) is 136 cm³/mol. The Morgan fingerprint density at radius 2 is 1.52 bits per heavy atom. The third-order valence-corrected chi connectivity index (χ3v) is 6.47. The minimum absolute atomic E-state index is 1.04. The number of fused-ring (bicyclic) bond motifs is 4. The SMILES string of the molecule is C/C=C(\CC)c1c(C)ccc2cc(-c3nccc4c3ccc3cc(C)ccc34)ccc12. The fraction of sp³-hybridized carbons (Fsp3) is 0.167. The molecular weight excluding hydrogens is 374 g/mol. The van der Waals surface area contributed by atoms with Gasteiger partial charge in [0.2, 0.25) is 0 Å². The van der Waals surface area contributed by atoms with Gasteiger partial charge in [0.25, 0.3) is 0 Å². The highest BCUT2D eigenvalue weighted by atomic mass is 14.7. The molecular formula is C30H27N. The molecule has 0 N–H and O–H groups in total. The highest BCUT2D eigenvalue weighted by Gasteiger charge is 2.12.